The fourth-order valence-electron chi connectivity index (χ4n) is 1.86. The Bertz CT molecular complexity index is 423. The highest BCUT2D eigenvalue weighted by Crippen LogP contribution is 2.20. The van der Waals surface area contributed by atoms with Crippen molar-refractivity contribution in [1.82, 2.24) is 4.13 Å². The molecule has 0 heterocycles. The Balaban J connectivity index is 1.95. The molecule has 0 amide bonds. The summed E-state index contributed by atoms with van der Waals surface area (Å²) >= 11 is 0. The number of hydrogen-bond donors (Lipinski definition) is 1. The highest BCUT2D eigenvalue weighted by molar-refractivity contribution is 8.02. The van der Waals surface area contributed by atoms with Crippen LogP contribution in [0.5, 0.6) is 0 Å². The lowest BCUT2D eigenvalue weighted by Crippen LogP contribution is -2.37. The predicted molar refractivity (Wildman–Crippen MR) is 64.5 cm³/mol. The predicted octanol–water partition coefficient (Wildman–Crippen LogP) is 1.01. The van der Waals surface area contributed by atoms with Gasteiger partial charge >= 0.3 is 0 Å². The zero-order valence-corrected chi connectivity index (χ0v) is 10.5. The largest absolute Gasteiger partial charge is 0.242 e. The quantitative estimate of drug-likeness (QED) is 0.768. The Morgan fingerprint density at radius 2 is 1.50 bits per heavy atom. The molecule has 0 bridgehead atoms. The fraction of sp³-hybridized carbons (Fsp3) is 0.600. The summed E-state index contributed by atoms with van der Waals surface area (Å²) in [6, 6.07) is 0. The molecule has 1 unspecified atom stereocenters. The number of sulfonamides is 1. The molecule has 1 atom stereocenters. The van der Waals surface area contributed by atoms with Crippen LogP contribution in [0.25, 0.3) is 0 Å². The summed E-state index contributed by atoms with van der Waals surface area (Å²) in [6.07, 6.45) is 10.0. The second-order valence-electron chi connectivity index (χ2n) is 4.06. The van der Waals surface area contributed by atoms with E-state index in [1.807, 2.05) is 24.3 Å². The van der Waals surface area contributed by atoms with Gasteiger partial charge in [-0.1, -0.05) is 24.3 Å². The van der Waals surface area contributed by atoms with Gasteiger partial charge in [0.25, 0.3) is 0 Å². The molecule has 0 saturated carbocycles. The van der Waals surface area contributed by atoms with E-state index in [9.17, 15) is 12.6 Å². The van der Waals surface area contributed by atoms with E-state index in [0.29, 0.717) is 25.7 Å². The van der Waals surface area contributed by atoms with Gasteiger partial charge in [-0.3, -0.25) is 0 Å². The fourth-order valence-corrected chi connectivity index (χ4v) is 5.17. The lowest BCUT2D eigenvalue weighted by molar-refractivity contribution is 0.577. The minimum Gasteiger partial charge on any atom is -0.242 e. The second-order valence-corrected chi connectivity index (χ2v) is 7.74. The highest BCUT2D eigenvalue weighted by atomic mass is 32.3. The first-order valence-electron chi connectivity index (χ1n) is 5.31. The molecular weight excluding hydrogens is 246 g/mol. The lowest BCUT2D eigenvalue weighted by atomic mass is 10.4. The topological polar surface area (TPSA) is 63.2 Å². The minimum absolute atomic E-state index is 0.0934. The number of rotatable bonds is 4. The molecular formula is C10H15NO3S2. The summed E-state index contributed by atoms with van der Waals surface area (Å²) in [5.74, 6) is 0. The van der Waals surface area contributed by atoms with Crippen molar-refractivity contribution in [3.8, 4) is 0 Å². The third-order valence-corrected chi connectivity index (χ3v) is 6.71. The van der Waals surface area contributed by atoms with E-state index < -0.39 is 26.3 Å². The minimum atomic E-state index is -3.44. The molecule has 1 N–H and O–H groups in total. The van der Waals surface area contributed by atoms with Crippen molar-refractivity contribution in [2.75, 3.05) is 0 Å². The maximum Gasteiger partial charge on any atom is 0.226 e. The first-order chi connectivity index (χ1) is 7.59. The van der Waals surface area contributed by atoms with Gasteiger partial charge in [0.05, 0.1) is 10.5 Å². The maximum absolute atomic E-state index is 11.8. The second kappa shape index (κ2) is 4.81. The van der Waals surface area contributed by atoms with Crippen LogP contribution < -0.4 is 4.13 Å². The molecule has 0 fully saturated rings. The normalized spacial score (nSPS) is 24.2. The summed E-state index contributed by atoms with van der Waals surface area (Å²) in [7, 11) is -4.93. The zero-order valence-electron chi connectivity index (χ0n) is 8.83. The number of nitrogens with one attached hydrogen (secondary N) is 1. The summed E-state index contributed by atoms with van der Waals surface area (Å²) in [5.41, 5.74) is 0. The van der Waals surface area contributed by atoms with Crippen LogP contribution in [-0.2, 0) is 21.0 Å². The van der Waals surface area contributed by atoms with Crippen molar-refractivity contribution in [2.24, 2.45) is 0 Å². The van der Waals surface area contributed by atoms with Crippen LogP contribution in [0.1, 0.15) is 25.7 Å². The lowest BCUT2D eigenvalue weighted by Gasteiger charge is -2.14. The molecule has 2 aliphatic carbocycles. The van der Waals surface area contributed by atoms with Crippen LogP contribution in [0.15, 0.2) is 24.3 Å². The van der Waals surface area contributed by atoms with Crippen LogP contribution in [-0.4, -0.2) is 23.1 Å². The zero-order chi connectivity index (χ0) is 11.6. The highest BCUT2D eigenvalue weighted by Gasteiger charge is 2.30. The molecule has 4 nitrogen and oxygen atoms in total. The smallest absolute Gasteiger partial charge is 0.226 e. The standard InChI is InChI=1S/C10H15NO3S2/c12-15(9-5-1-2-6-9)11-16(13,14)10-7-3-4-8-10/h1-4,9-11H,5-8H2. The third-order valence-electron chi connectivity index (χ3n) is 2.87. The monoisotopic (exact) mass is 261 g/mol. The summed E-state index contributed by atoms with van der Waals surface area (Å²) in [6.45, 7) is 0. The SMILES string of the molecule is O=S(NS(=O)(=O)C1CC=CC1)C1CC=CC1. The van der Waals surface area contributed by atoms with E-state index in [1.54, 1.807) is 0 Å². The van der Waals surface area contributed by atoms with E-state index in [4.69, 9.17) is 0 Å². The first kappa shape index (κ1) is 12.0. The average Bonchev–Trinajstić information content (AvgIpc) is 2.91. The van der Waals surface area contributed by atoms with Gasteiger partial charge in [0.1, 0.15) is 11.0 Å². The van der Waals surface area contributed by atoms with Gasteiger partial charge in [0, 0.05) is 0 Å². The van der Waals surface area contributed by atoms with Gasteiger partial charge < -0.3 is 0 Å². The molecule has 0 aromatic heterocycles. The third kappa shape index (κ3) is 2.61. The first-order valence-corrected chi connectivity index (χ1v) is 8.07. The molecule has 16 heavy (non-hydrogen) atoms. The molecule has 0 aromatic rings. The Morgan fingerprint density at radius 3 is 2.06 bits per heavy atom. The van der Waals surface area contributed by atoms with E-state index in [0.717, 1.165) is 0 Å². The van der Waals surface area contributed by atoms with Crippen LogP contribution in [0.4, 0.5) is 0 Å². The summed E-state index contributed by atoms with van der Waals surface area (Å²) in [5, 5.41) is -0.532. The van der Waals surface area contributed by atoms with Gasteiger partial charge in [0.2, 0.25) is 10.0 Å². The number of allylic oxidation sites excluding steroid dienone is 4. The van der Waals surface area contributed by atoms with E-state index in [1.165, 1.54) is 0 Å². The van der Waals surface area contributed by atoms with Gasteiger partial charge in [0.15, 0.2) is 0 Å². The maximum atomic E-state index is 11.8. The van der Waals surface area contributed by atoms with Crippen molar-refractivity contribution >= 4 is 21.0 Å². The van der Waals surface area contributed by atoms with Gasteiger partial charge in [-0.2, -0.15) is 0 Å². The van der Waals surface area contributed by atoms with Crippen molar-refractivity contribution in [2.45, 2.75) is 36.2 Å². The Hall–Kier alpha value is -0.460. The number of hydrogen-bond acceptors (Lipinski definition) is 3. The molecule has 0 radical (unpaired) electrons. The van der Waals surface area contributed by atoms with E-state index in [2.05, 4.69) is 4.13 Å². The Morgan fingerprint density at radius 1 is 1.00 bits per heavy atom. The molecule has 0 spiro atoms. The molecule has 6 heteroatoms. The van der Waals surface area contributed by atoms with Crippen molar-refractivity contribution < 1.29 is 12.6 Å². The van der Waals surface area contributed by atoms with Gasteiger partial charge in [-0.25, -0.2) is 12.6 Å². The van der Waals surface area contributed by atoms with Crippen LogP contribution in [0.2, 0.25) is 0 Å². The van der Waals surface area contributed by atoms with Crippen LogP contribution in [0, 0.1) is 0 Å². The van der Waals surface area contributed by atoms with Gasteiger partial charge in [-0.05, 0) is 25.7 Å². The van der Waals surface area contributed by atoms with Gasteiger partial charge in [-0.15, -0.1) is 4.13 Å². The van der Waals surface area contributed by atoms with E-state index >= 15 is 0 Å². The molecule has 2 rings (SSSR count). The van der Waals surface area contributed by atoms with E-state index in [-0.39, 0.29) is 5.25 Å². The van der Waals surface area contributed by atoms with Crippen LogP contribution in [0.3, 0.4) is 0 Å². The molecule has 0 saturated heterocycles. The van der Waals surface area contributed by atoms with Crippen molar-refractivity contribution in [3.63, 3.8) is 0 Å². The summed E-state index contributed by atoms with van der Waals surface area (Å²) in [4.78, 5) is 0. The molecule has 2 aliphatic rings. The summed E-state index contributed by atoms with van der Waals surface area (Å²) < 4.78 is 37.8. The molecule has 0 aliphatic heterocycles. The Kier molecular flexibility index (Phi) is 3.61. The molecule has 90 valence electrons. The average molecular weight is 261 g/mol. The van der Waals surface area contributed by atoms with Crippen molar-refractivity contribution in [3.05, 3.63) is 24.3 Å². The molecule has 0 aromatic carbocycles. The van der Waals surface area contributed by atoms with Crippen LogP contribution >= 0.6 is 0 Å². The Labute approximate surface area is 98.5 Å². The van der Waals surface area contributed by atoms with Crippen molar-refractivity contribution in [1.29, 1.82) is 0 Å².